The first-order valence-electron chi connectivity index (χ1n) is 9.28. The number of hydrogen-bond donors (Lipinski definition) is 0. The van der Waals surface area contributed by atoms with Crippen LogP contribution in [0.25, 0.3) is 0 Å². The molecule has 13 heteroatoms. The van der Waals surface area contributed by atoms with E-state index in [9.17, 15) is 9.59 Å². The summed E-state index contributed by atoms with van der Waals surface area (Å²) in [6, 6.07) is 0. The van der Waals surface area contributed by atoms with Gasteiger partial charge in [0.25, 0.3) is 11.9 Å². The summed E-state index contributed by atoms with van der Waals surface area (Å²) >= 11 is 0. The van der Waals surface area contributed by atoms with Gasteiger partial charge in [-0.1, -0.05) is 0 Å². The summed E-state index contributed by atoms with van der Waals surface area (Å²) in [7, 11) is 35.8. The van der Waals surface area contributed by atoms with E-state index in [2.05, 4.69) is 5.92 Å². The van der Waals surface area contributed by atoms with Crippen LogP contribution in [0.5, 0.6) is 0 Å². The number of terminal acetylenes is 1. The van der Waals surface area contributed by atoms with E-state index in [1.54, 1.807) is 0 Å². The molecule has 0 aromatic heterocycles. The Bertz CT molecular complexity index is 642. The van der Waals surface area contributed by atoms with Gasteiger partial charge in [0.15, 0.2) is 6.29 Å². The Labute approximate surface area is 186 Å². The van der Waals surface area contributed by atoms with Crippen molar-refractivity contribution < 1.29 is 33.0 Å². The van der Waals surface area contributed by atoms with Crippen LogP contribution in [-0.2, 0) is 28.5 Å². The molecular weight excluding hydrogens is 379 g/mol. The van der Waals surface area contributed by atoms with Crippen molar-refractivity contribution >= 4 is 59.0 Å². The van der Waals surface area contributed by atoms with Gasteiger partial charge in [-0.15, -0.1) is 6.42 Å². The predicted octanol–water partition coefficient (Wildman–Crippen LogP) is -2.17. The predicted molar refractivity (Wildman–Crippen MR) is 115 cm³/mol. The second-order valence-electron chi connectivity index (χ2n) is 8.04. The fourth-order valence-corrected chi connectivity index (χ4v) is 2.55. The van der Waals surface area contributed by atoms with Gasteiger partial charge >= 0.3 is 0 Å². The molecule has 0 amide bonds. The SMILES string of the molecule is [B]C([B])([B])C(=O)OCC1CC(OC(=O)C([B])([B])[B])CC(OCC[N+](C)(C)CC#C)O1. The Morgan fingerprint density at radius 3 is 2.23 bits per heavy atom. The van der Waals surface area contributed by atoms with Gasteiger partial charge < -0.3 is 23.4 Å². The second-order valence-corrected chi connectivity index (χ2v) is 8.04. The molecule has 0 aromatic rings. The lowest BCUT2D eigenvalue weighted by molar-refractivity contribution is -0.883. The maximum Gasteiger partial charge on any atom is 0.286 e. The Balaban J connectivity index is 2.73. The fraction of sp³-hybridized carbons (Fsp3) is 0.765. The van der Waals surface area contributed by atoms with Gasteiger partial charge in [-0.05, 0) is 16.1 Å². The molecule has 1 fully saturated rings. The third kappa shape index (κ3) is 9.72. The van der Waals surface area contributed by atoms with E-state index in [0.29, 0.717) is 24.2 Å². The lowest BCUT2D eigenvalue weighted by Crippen LogP contribution is -2.46. The highest BCUT2D eigenvalue weighted by Crippen LogP contribution is 2.26. The molecule has 12 radical (unpaired) electrons. The van der Waals surface area contributed by atoms with Gasteiger partial charge in [0, 0.05) is 12.8 Å². The van der Waals surface area contributed by atoms with Crippen molar-refractivity contribution in [1.29, 1.82) is 0 Å². The van der Waals surface area contributed by atoms with Gasteiger partial charge in [-0.3, -0.25) is 9.59 Å². The zero-order chi connectivity index (χ0) is 23.2. The van der Waals surface area contributed by atoms with Crippen molar-refractivity contribution in [3.63, 3.8) is 0 Å². The summed E-state index contributed by atoms with van der Waals surface area (Å²) < 4.78 is 22.3. The Kier molecular flexibility index (Phi) is 9.72. The van der Waals surface area contributed by atoms with E-state index >= 15 is 0 Å². The number of carbonyl (C=O) groups is 2. The number of ether oxygens (including phenoxy) is 4. The summed E-state index contributed by atoms with van der Waals surface area (Å²) in [4.78, 5) is 23.6. The van der Waals surface area contributed by atoms with Gasteiger partial charge in [-0.2, -0.15) is 0 Å². The molecule has 1 heterocycles. The largest absolute Gasteiger partial charge is 0.464 e. The number of esters is 2. The molecule has 0 spiro atoms. The maximum atomic E-state index is 11.9. The Morgan fingerprint density at radius 1 is 1.10 bits per heavy atom. The smallest absolute Gasteiger partial charge is 0.286 e. The van der Waals surface area contributed by atoms with Crippen LogP contribution in [0.3, 0.4) is 0 Å². The van der Waals surface area contributed by atoms with E-state index < -0.39 is 40.7 Å². The third-order valence-electron chi connectivity index (χ3n) is 4.23. The monoisotopic (exact) mass is 402 g/mol. The van der Waals surface area contributed by atoms with Crippen molar-refractivity contribution in [2.45, 2.75) is 41.6 Å². The number of carbonyl (C=O) groups excluding carboxylic acids is 2. The summed E-state index contributed by atoms with van der Waals surface area (Å²) in [5.74, 6) is 0.573. The van der Waals surface area contributed by atoms with Crippen LogP contribution in [0.15, 0.2) is 0 Å². The minimum absolute atomic E-state index is 0.167. The highest BCUT2D eigenvalue weighted by Gasteiger charge is 2.35. The zero-order valence-corrected chi connectivity index (χ0v) is 17.4. The molecule has 3 unspecified atom stereocenters. The molecular formula is C17H22B6NO6+. The molecule has 0 N–H and O–H groups in total. The van der Waals surface area contributed by atoms with Gasteiger partial charge in [0.05, 0.1) is 73.9 Å². The van der Waals surface area contributed by atoms with E-state index in [0.717, 1.165) is 0 Å². The zero-order valence-electron chi connectivity index (χ0n) is 17.4. The minimum Gasteiger partial charge on any atom is -0.464 e. The molecule has 1 rings (SSSR count). The average Bonchev–Trinajstić information content (AvgIpc) is 2.57. The van der Waals surface area contributed by atoms with Crippen LogP contribution in [0, 0.1) is 12.3 Å². The van der Waals surface area contributed by atoms with E-state index in [1.165, 1.54) is 0 Å². The van der Waals surface area contributed by atoms with E-state index in [-0.39, 0.29) is 19.4 Å². The van der Waals surface area contributed by atoms with E-state index in [4.69, 9.17) is 72.4 Å². The fourth-order valence-electron chi connectivity index (χ4n) is 2.55. The first kappa shape index (κ1) is 26.8. The average molecular weight is 401 g/mol. The normalized spacial score (nSPS) is 22.6. The number of nitrogens with zero attached hydrogens (tertiary/aromatic N) is 1. The van der Waals surface area contributed by atoms with Crippen molar-refractivity contribution in [3.05, 3.63) is 0 Å². The Morgan fingerprint density at radius 2 is 1.70 bits per heavy atom. The molecule has 3 atom stereocenters. The standard InChI is InChI=1S/C17H22B6NO6/c1-4-5-24(2,3)6-7-27-13-9-11(30-15(26)17(21,22)23)8-12(29-13)10-28-14(25)16(18,19)20/h1,11-13H,5-10H2,2-3H3/q+1. The summed E-state index contributed by atoms with van der Waals surface area (Å²) in [6.07, 6.45) is 3.58. The Hall–Kier alpha value is -1.23. The molecule has 1 aliphatic heterocycles. The van der Waals surface area contributed by atoms with Crippen LogP contribution in [-0.4, -0.2) is 122 Å². The molecule has 30 heavy (non-hydrogen) atoms. The van der Waals surface area contributed by atoms with Crippen LogP contribution in [0.2, 0.25) is 10.2 Å². The molecule has 7 nitrogen and oxygen atoms in total. The van der Waals surface area contributed by atoms with Gasteiger partial charge in [0.1, 0.15) is 25.8 Å². The molecule has 1 saturated heterocycles. The van der Waals surface area contributed by atoms with Crippen LogP contribution in [0.1, 0.15) is 12.8 Å². The quantitative estimate of drug-likeness (QED) is 0.180. The van der Waals surface area contributed by atoms with Crippen molar-refractivity contribution in [1.82, 2.24) is 0 Å². The summed E-state index contributed by atoms with van der Waals surface area (Å²) in [5, 5.41) is -4.29. The molecule has 0 aliphatic carbocycles. The second kappa shape index (κ2) is 10.9. The minimum atomic E-state index is -2.15. The van der Waals surface area contributed by atoms with Crippen molar-refractivity contribution in [2.75, 3.05) is 40.4 Å². The number of hydrogen-bond acceptors (Lipinski definition) is 6. The van der Waals surface area contributed by atoms with E-state index in [1.807, 2.05) is 14.1 Å². The van der Waals surface area contributed by atoms with Gasteiger partial charge in [0.2, 0.25) is 0 Å². The summed E-state index contributed by atoms with van der Waals surface area (Å²) in [5.41, 5.74) is 0. The molecule has 0 bridgehead atoms. The molecule has 1 aliphatic rings. The van der Waals surface area contributed by atoms with Crippen LogP contribution < -0.4 is 0 Å². The highest BCUT2D eigenvalue weighted by atomic mass is 16.7. The molecule has 0 saturated carbocycles. The first-order chi connectivity index (χ1) is 13.6. The lowest BCUT2D eigenvalue weighted by atomic mass is 9.42. The number of rotatable bonds is 10. The van der Waals surface area contributed by atoms with Crippen molar-refractivity contribution in [3.8, 4) is 12.3 Å². The lowest BCUT2D eigenvalue weighted by Gasteiger charge is -2.36. The number of likely N-dealkylation sites (N-methyl/N-ethyl adjacent to an activating group) is 1. The topological polar surface area (TPSA) is 71.1 Å². The molecule has 0 aromatic carbocycles. The number of quaternary nitrogens is 1. The molecule has 148 valence electrons. The third-order valence-corrected chi connectivity index (χ3v) is 4.23. The maximum absolute atomic E-state index is 11.9. The van der Waals surface area contributed by atoms with Gasteiger partial charge in [-0.25, -0.2) is 0 Å². The van der Waals surface area contributed by atoms with Crippen LogP contribution >= 0.6 is 0 Å². The van der Waals surface area contributed by atoms with Crippen LogP contribution in [0.4, 0.5) is 0 Å². The van der Waals surface area contributed by atoms with Crippen molar-refractivity contribution in [2.24, 2.45) is 0 Å². The summed E-state index contributed by atoms with van der Waals surface area (Å²) in [6.45, 7) is 1.22. The first-order valence-corrected chi connectivity index (χ1v) is 9.28. The highest BCUT2D eigenvalue weighted by molar-refractivity contribution is 6.68.